The number of carboxylic acids is 1. The lowest BCUT2D eigenvalue weighted by Gasteiger charge is -2.27. The van der Waals surface area contributed by atoms with Crippen LogP contribution in [-0.4, -0.2) is 185 Å². The first-order chi connectivity index (χ1) is 40.0. The fourth-order valence-corrected chi connectivity index (χ4v) is 8.32. The minimum Gasteiger partial charge on any atom is -0.481 e. The molecule has 0 unspecified atom stereocenters. The van der Waals surface area contributed by atoms with Crippen LogP contribution in [0, 0.1) is 10.8 Å². The lowest BCUT2D eigenvalue weighted by molar-refractivity contribution is -0.142. The Morgan fingerprint density at radius 1 is 0.424 bits per heavy atom. The van der Waals surface area contributed by atoms with E-state index in [1.807, 2.05) is 0 Å². The van der Waals surface area contributed by atoms with E-state index < -0.39 is 157 Å². The zero-order valence-electron chi connectivity index (χ0n) is 50.0. The highest BCUT2D eigenvalue weighted by Gasteiger charge is 2.35. The van der Waals surface area contributed by atoms with Gasteiger partial charge in [-0.2, -0.15) is 0 Å². The number of carbonyl (C=O) groups is 12. The van der Waals surface area contributed by atoms with Crippen LogP contribution in [0.5, 0.6) is 0 Å². The minimum atomic E-state index is -1.91. The number of guanidine groups is 2. The Hall–Kier alpha value is -7.90. The number of nitrogens with two attached hydrogens (primary N) is 3. The molecule has 11 amide bonds. The zero-order valence-corrected chi connectivity index (χ0v) is 50.0. The van der Waals surface area contributed by atoms with Crippen LogP contribution < -0.4 is 81.0 Å². The standard InChI is InChI=1S/C53H97N17O15/c1-7-8-9-10-11-12-13-14-15-16-17-18-19-24-39(74)69-42(32(4)71)50(84)68-36(27-38(54)73)48(82)63-30(2)44(78)62-29-40(75)65-35(23-21-26-61-53(57)58)47(81)64-31(3)45(79)67-37(28-41(76)77)49(83)70-43(33(5)72)51(85)66-34(46(80)59-6)22-20-25-60-52(55)56/h30-37,42-43,71-72H,7-29H2,1-6H3,(H2,54,73)(H,59,80)(H,62,78)(H,63,82)(H,64,81)(H,65,75)(H,66,85)(H,67,79)(H,68,84)(H,69,74)(H,70,83)(H,76,77)(H4,55,56,60)(H4,57,58,61)/t30-,31-,32+,33+,34-,35-,36-,37-,42-,43-/m0/s1. The third-order valence-corrected chi connectivity index (χ3v) is 13.1. The Labute approximate surface area is 496 Å². The summed E-state index contributed by atoms with van der Waals surface area (Å²) in [5.74, 6) is -13.0. The molecule has 0 rings (SSSR count). The average Bonchev–Trinajstić information content (AvgIpc) is 3.61. The van der Waals surface area contributed by atoms with Crippen molar-refractivity contribution in [2.24, 2.45) is 17.2 Å². The Morgan fingerprint density at radius 3 is 1.27 bits per heavy atom. The molecule has 0 saturated carbocycles. The molecular weight excluding hydrogens is 1110 g/mol. The maximum absolute atomic E-state index is 13.6. The maximum Gasteiger partial charge on any atom is 0.305 e. The predicted molar refractivity (Wildman–Crippen MR) is 312 cm³/mol. The minimum absolute atomic E-state index is 0.0233. The summed E-state index contributed by atoms with van der Waals surface area (Å²) in [6.07, 6.45) is 9.77. The van der Waals surface area contributed by atoms with E-state index >= 15 is 0 Å². The highest BCUT2D eigenvalue weighted by Crippen LogP contribution is 2.14. The smallest absolute Gasteiger partial charge is 0.305 e. The van der Waals surface area contributed by atoms with Crippen molar-refractivity contribution in [2.75, 3.05) is 26.7 Å². The van der Waals surface area contributed by atoms with Crippen LogP contribution in [0.4, 0.5) is 0 Å². The average molecular weight is 1210 g/mol. The topological polar surface area (TPSA) is 536 Å². The van der Waals surface area contributed by atoms with Crippen LogP contribution in [0.2, 0.25) is 0 Å². The molecule has 0 aliphatic carbocycles. The van der Waals surface area contributed by atoms with Crippen molar-refractivity contribution < 1.29 is 72.9 Å². The van der Waals surface area contributed by atoms with Crippen molar-refractivity contribution in [3.63, 3.8) is 0 Å². The molecule has 0 aliphatic heterocycles. The largest absolute Gasteiger partial charge is 0.481 e. The second-order valence-electron chi connectivity index (χ2n) is 20.8. The maximum atomic E-state index is 13.6. The Morgan fingerprint density at radius 2 is 0.824 bits per heavy atom. The number of carbonyl (C=O) groups excluding carboxylic acids is 11. The van der Waals surface area contributed by atoms with Crippen molar-refractivity contribution in [1.82, 2.24) is 63.8 Å². The zero-order chi connectivity index (χ0) is 64.6. The van der Waals surface area contributed by atoms with Crippen LogP contribution >= 0.6 is 0 Å². The van der Waals surface area contributed by atoms with Gasteiger partial charge in [-0.3, -0.25) is 68.4 Å². The van der Waals surface area contributed by atoms with Gasteiger partial charge in [-0.1, -0.05) is 84.0 Å². The highest BCUT2D eigenvalue weighted by molar-refractivity contribution is 5.99. The number of primary amides is 1. The third-order valence-electron chi connectivity index (χ3n) is 13.1. The number of carboxylic acid groups (broad SMARTS) is 1. The van der Waals surface area contributed by atoms with Crippen LogP contribution in [0.15, 0.2) is 0 Å². The summed E-state index contributed by atoms with van der Waals surface area (Å²) < 4.78 is 0. The molecule has 0 aromatic carbocycles. The molecule has 0 bridgehead atoms. The Kier molecular flexibility index (Phi) is 39.6. The molecule has 0 heterocycles. The summed E-state index contributed by atoms with van der Waals surface area (Å²) in [5, 5.41) is 73.3. The van der Waals surface area contributed by atoms with E-state index in [0.29, 0.717) is 6.42 Å². The number of hydrogen-bond donors (Lipinski definition) is 20. The van der Waals surface area contributed by atoms with Gasteiger partial charge in [-0.05, 0) is 59.8 Å². The number of nitrogens with one attached hydrogen (secondary N) is 14. The molecule has 0 fully saturated rings. The van der Waals surface area contributed by atoms with Crippen LogP contribution in [0.25, 0.3) is 0 Å². The molecule has 23 N–H and O–H groups in total. The van der Waals surface area contributed by atoms with Crippen molar-refractivity contribution in [3.8, 4) is 0 Å². The first-order valence-corrected chi connectivity index (χ1v) is 29.0. The normalized spacial score (nSPS) is 14.4. The van der Waals surface area contributed by atoms with Crippen molar-refractivity contribution in [1.29, 1.82) is 10.8 Å². The predicted octanol–water partition coefficient (Wildman–Crippen LogP) is -4.11. The van der Waals surface area contributed by atoms with Gasteiger partial charge in [-0.15, -0.1) is 0 Å². The summed E-state index contributed by atoms with van der Waals surface area (Å²) in [5.41, 5.74) is 16.0. The van der Waals surface area contributed by atoms with Crippen molar-refractivity contribution in [2.45, 2.75) is 224 Å². The lowest BCUT2D eigenvalue weighted by atomic mass is 10.0. The SMILES string of the molecule is CCCCCCCCCCCCCCCC(=O)N[C@H](C(=O)N[C@@H](CC(N)=O)C(=O)N[C@@H](C)C(=O)NCC(=O)N[C@@H](CCCNC(=N)N)C(=O)N[C@@H](C)C(=O)N[C@@H](CC(=O)O)C(=O)N[C@H](C(=O)N[C@@H](CCCNC(=N)N)C(=O)NC)[C@@H](C)O)[C@@H](C)O. The number of hydrogen-bond acceptors (Lipinski definition) is 16. The fraction of sp³-hybridized carbons (Fsp3) is 0.736. The molecule has 0 aliphatic rings. The number of aliphatic hydroxyl groups is 2. The quantitative estimate of drug-likeness (QED) is 0.0156. The van der Waals surface area contributed by atoms with Crippen molar-refractivity contribution >= 4 is 82.9 Å². The number of aliphatic hydroxyl groups excluding tert-OH is 2. The van der Waals surface area contributed by atoms with Crippen LogP contribution in [-0.2, 0) is 57.5 Å². The van der Waals surface area contributed by atoms with Crippen molar-refractivity contribution in [3.05, 3.63) is 0 Å². The van der Waals surface area contributed by atoms with E-state index in [1.54, 1.807) is 0 Å². The van der Waals surface area contributed by atoms with E-state index in [9.17, 15) is 72.9 Å². The molecule has 0 spiro atoms. The monoisotopic (exact) mass is 1210 g/mol. The summed E-state index contributed by atoms with van der Waals surface area (Å²) in [6.45, 7) is 6.31. The third kappa shape index (κ3) is 35.8. The molecule has 10 atom stereocenters. The molecule has 0 aromatic rings. The van der Waals surface area contributed by atoms with E-state index in [1.165, 1.54) is 72.3 Å². The molecule has 32 heteroatoms. The lowest BCUT2D eigenvalue weighted by Crippen LogP contribution is -2.61. The second-order valence-corrected chi connectivity index (χ2v) is 20.8. The summed E-state index contributed by atoms with van der Waals surface area (Å²) >= 11 is 0. The number of amides is 11. The van der Waals surface area contributed by atoms with E-state index in [0.717, 1.165) is 39.5 Å². The van der Waals surface area contributed by atoms with E-state index in [-0.39, 0.29) is 51.2 Å². The summed E-state index contributed by atoms with van der Waals surface area (Å²) in [4.78, 5) is 156. The van der Waals surface area contributed by atoms with Gasteiger partial charge in [0.1, 0.15) is 48.3 Å². The molecule has 484 valence electrons. The van der Waals surface area contributed by atoms with Gasteiger partial charge in [-0.25, -0.2) is 0 Å². The van der Waals surface area contributed by atoms with Gasteiger partial charge in [0, 0.05) is 26.6 Å². The van der Waals surface area contributed by atoms with Gasteiger partial charge in [0.05, 0.1) is 31.6 Å². The van der Waals surface area contributed by atoms with Crippen LogP contribution in [0.1, 0.15) is 163 Å². The Bertz CT molecular complexity index is 2200. The molecule has 32 nitrogen and oxygen atoms in total. The van der Waals surface area contributed by atoms with E-state index in [2.05, 4.69) is 70.7 Å². The summed E-state index contributed by atoms with van der Waals surface area (Å²) in [6, 6.07) is -12.5. The molecule has 0 radical (unpaired) electrons. The number of aliphatic carboxylic acids is 1. The number of rotatable bonds is 46. The number of unbranched alkanes of at least 4 members (excludes halogenated alkanes) is 12. The fourth-order valence-electron chi connectivity index (χ4n) is 8.32. The van der Waals surface area contributed by atoms with Gasteiger partial charge in [0.2, 0.25) is 65.0 Å². The van der Waals surface area contributed by atoms with Gasteiger partial charge < -0.3 is 96.3 Å². The van der Waals surface area contributed by atoms with Gasteiger partial charge in [0.25, 0.3) is 0 Å². The first-order valence-electron chi connectivity index (χ1n) is 29.0. The van der Waals surface area contributed by atoms with Crippen LogP contribution in [0.3, 0.4) is 0 Å². The highest BCUT2D eigenvalue weighted by atomic mass is 16.4. The summed E-state index contributed by atoms with van der Waals surface area (Å²) in [7, 11) is 1.30. The number of likely N-dealkylation sites (N-methyl/N-ethyl adjacent to an activating group) is 1. The molecule has 0 saturated heterocycles. The van der Waals surface area contributed by atoms with Gasteiger partial charge in [0.15, 0.2) is 11.9 Å². The Balaban J connectivity index is 5.75. The molecular formula is C53H97N17O15. The molecule has 85 heavy (non-hydrogen) atoms. The molecule has 0 aromatic heterocycles. The first kappa shape index (κ1) is 77.1. The van der Waals surface area contributed by atoms with E-state index in [4.69, 9.17) is 28.0 Å². The van der Waals surface area contributed by atoms with Gasteiger partial charge >= 0.3 is 5.97 Å². The second kappa shape index (κ2) is 43.7.